The summed E-state index contributed by atoms with van der Waals surface area (Å²) in [4.78, 5) is 4.58. The molecule has 2 rings (SSSR count). The molecule has 2 unspecified atom stereocenters. The molecule has 1 N–H and O–H groups in total. The van der Waals surface area contributed by atoms with Crippen molar-refractivity contribution >= 4 is 16.9 Å². The van der Waals surface area contributed by atoms with Gasteiger partial charge in [-0.25, -0.2) is 0 Å². The number of hydrogen-bond acceptors (Lipinski definition) is 3. The molecule has 0 bridgehead atoms. The van der Waals surface area contributed by atoms with Crippen molar-refractivity contribution in [3.8, 4) is 0 Å². The van der Waals surface area contributed by atoms with Crippen LogP contribution in [0.15, 0.2) is 4.99 Å². The summed E-state index contributed by atoms with van der Waals surface area (Å²) in [6.07, 6.45) is 4.07. The smallest absolute Gasteiger partial charge is 0.156 e. The molecule has 2 nitrogen and oxygen atoms in total. The van der Waals surface area contributed by atoms with E-state index in [4.69, 9.17) is 0 Å². The van der Waals surface area contributed by atoms with Crippen LogP contribution < -0.4 is 5.32 Å². The van der Waals surface area contributed by atoms with Crippen molar-refractivity contribution < 1.29 is 0 Å². The predicted molar refractivity (Wildman–Crippen MR) is 63.9 cm³/mol. The molecule has 1 aliphatic heterocycles. The number of hydrogen-bond donors (Lipinski definition) is 1. The molecule has 1 heterocycles. The van der Waals surface area contributed by atoms with Crippen LogP contribution in [0.4, 0.5) is 0 Å². The van der Waals surface area contributed by atoms with E-state index in [0.717, 1.165) is 18.4 Å². The Kier molecular flexibility index (Phi) is 3.37. The molecule has 0 aromatic heterocycles. The van der Waals surface area contributed by atoms with Gasteiger partial charge in [-0.05, 0) is 31.1 Å². The molecule has 80 valence electrons. The number of aliphatic imine (C=N–C) groups is 1. The van der Waals surface area contributed by atoms with Gasteiger partial charge in [0.15, 0.2) is 5.17 Å². The van der Waals surface area contributed by atoms with Crippen molar-refractivity contribution in [2.24, 2.45) is 16.8 Å². The zero-order valence-corrected chi connectivity index (χ0v) is 9.94. The lowest BCUT2D eigenvalue weighted by molar-refractivity contribution is 0.524. The Morgan fingerprint density at radius 3 is 2.86 bits per heavy atom. The van der Waals surface area contributed by atoms with Gasteiger partial charge < -0.3 is 5.32 Å². The number of amidine groups is 1. The minimum atomic E-state index is 0.689. The van der Waals surface area contributed by atoms with Gasteiger partial charge >= 0.3 is 0 Å². The topological polar surface area (TPSA) is 24.4 Å². The van der Waals surface area contributed by atoms with Crippen molar-refractivity contribution in [2.75, 3.05) is 12.3 Å². The van der Waals surface area contributed by atoms with Gasteiger partial charge in [-0.1, -0.05) is 25.6 Å². The summed E-state index contributed by atoms with van der Waals surface area (Å²) in [5, 5.41) is 4.80. The Morgan fingerprint density at radius 1 is 1.57 bits per heavy atom. The van der Waals surface area contributed by atoms with Crippen molar-refractivity contribution in [1.82, 2.24) is 5.32 Å². The van der Waals surface area contributed by atoms with E-state index in [1.54, 1.807) is 0 Å². The van der Waals surface area contributed by atoms with Crippen molar-refractivity contribution in [1.29, 1.82) is 0 Å². The Bertz CT molecular complexity index is 223. The molecule has 1 aliphatic carbocycles. The van der Waals surface area contributed by atoms with Crippen LogP contribution in [0.3, 0.4) is 0 Å². The van der Waals surface area contributed by atoms with E-state index in [0.29, 0.717) is 6.04 Å². The van der Waals surface area contributed by atoms with Crippen LogP contribution in [0.1, 0.15) is 33.1 Å². The highest BCUT2D eigenvalue weighted by molar-refractivity contribution is 8.13. The van der Waals surface area contributed by atoms with Gasteiger partial charge in [0.2, 0.25) is 0 Å². The van der Waals surface area contributed by atoms with E-state index >= 15 is 0 Å². The van der Waals surface area contributed by atoms with Crippen molar-refractivity contribution in [3.63, 3.8) is 0 Å². The number of nitrogens with one attached hydrogen (secondary N) is 1. The van der Waals surface area contributed by atoms with E-state index in [1.807, 2.05) is 11.8 Å². The maximum Gasteiger partial charge on any atom is 0.156 e. The lowest BCUT2D eigenvalue weighted by Gasteiger charge is -2.22. The molecule has 14 heavy (non-hydrogen) atoms. The fraction of sp³-hybridized carbons (Fsp3) is 0.909. The maximum atomic E-state index is 4.58. The first-order valence-corrected chi connectivity index (χ1v) is 6.72. The van der Waals surface area contributed by atoms with Crippen LogP contribution in [-0.2, 0) is 0 Å². The summed E-state index contributed by atoms with van der Waals surface area (Å²) in [5.74, 6) is 2.92. The average Bonchev–Trinajstić information content (AvgIpc) is 3.01. The van der Waals surface area contributed by atoms with E-state index in [-0.39, 0.29) is 0 Å². The molecule has 3 heteroatoms. The third-order valence-electron chi connectivity index (χ3n) is 2.99. The molecule has 1 fully saturated rings. The zero-order chi connectivity index (χ0) is 9.97. The summed E-state index contributed by atoms with van der Waals surface area (Å²) in [6.45, 7) is 5.55. The summed E-state index contributed by atoms with van der Waals surface area (Å²) in [6, 6.07) is 0.689. The third-order valence-corrected chi connectivity index (χ3v) is 4.25. The Balaban J connectivity index is 1.83. The highest BCUT2D eigenvalue weighted by atomic mass is 32.2. The van der Waals surface area contributed by atoms with Crippen LogP contribution in [0.2, 0.25) is 0 Å². The number of rotatable bonds is 3. The summed E-state index contributed by atoms with van der Waals surface area (Å²) in [5.41, 5.74) is 0. The van der Waals surface area contributed by atoms with Crippen molar-refractivity contribution in [3.05, 3.63) is 0 Å². The van der Waals surface area contributed by atoms with E-state index < -0.39 is 0 Å². The monoisotopic (exact) mass is 212 g/mol. The van der Waals surface area contributed by atoms with Gasteiger partial charge in [-0.3, -0.25) is 4.99 Å². The fourth-order valence-electron chi connectivity index (χ4n) is 1.86. The molecule has 0 aromatic rings. The SMILES string of the molecule is CCC(NC1=NCC(C)CS1)C1CC1. The molecular weight excluding hydrogens is 192 g/mol. The molecule has 0 amide bonds. The maximum absolute atomic E-state index is 4.58. The minimum absolute atomic E-state index is 0.689. The molecular formula is C11H20N2S. The highest BCUT2D eigenvalue weighted by Gasteiger charge is 2.30. The standard InChI is InChI=1S/C11H20N2S/c1-3-10(9-4-5-9)13-11-12-6-8(2)7-14-11/h8-10H,3-7H2,1-2H3,(H,12,13). The second-order valence-corrected chi connectivity index (χ2v) is 5.57. The predicted octanol–water partition coefficient (Wildman–Crippen LogP) is 2.50. The van der Waals surface area contributed by atoms with Gasteiger partial charge in [0.1, 0.15) is 0 Å². The second-order valence-electron chi connectivity index (χ2n) is 4.56. The first-order valence-electron chi connectivity index (χ1n) is 5.73. The van der Waals surface area contributed by atoms with Crippen LogP contribution in [0, 0.1) is 11.8 Å². The quantitative estimate of drug-likeness (QED) is 0.777. The lowest BCUT2D eigenvalue weighted by atomic mass is 10.1. The van der Waals surface area contributed by atoms with Gasteiger partial charge in [-0.15, -0.1) is 0 Å². The molecule has 2 aliphatic rings. The van der Waals surface area contributed by atoms with Crippen LogP contribution >= 0.6 is 11.8 Å². The molecule has 0 spiro atoms. The zero-order valence-electron chi connectivity index (χ0n) is 9.12. The molecule has 0 radical (unpaired) electrons. The Hall–Kier alpha value is -0.180. The van der Waals surface area contributed by atoms with Gasteiger partial charge in [0, 0.05) is 18.3 Å². The molecule has 0 saturated heterocycles. The summed E-state index contributed by atoms with van der Waals surface area (Å²) >= 11 is 1.90. The van der Waals surface area contributed by atoms with E-state index in [2.05, 4.69) is 24.2 Å². The first kappa shape index (κ1) is 10.3. The van der Waals surface area contributed by atoms with Gasteiger partial charge in [-0.2, -0.15) is 0 Å². The Morgan fingerprint density at radius 2 is 2.36 bits per heavy atom. The summed E-state index contributed by atoms with van der Waals surface area (Å²) < 4.78 is 0. The highest BCUT2D eigenvalue weighted by Crippen LogP contribution is 2.34. The van der Waals surface area contributed by atoms with Gasteiger partial charge in [0.25, 0.3) is 0 Å². The Labute approximate surface area is 90.9 Å². The number of thioether (sulfide) groups is 1. The third kappa shape index (κ3) is 2.66. The first-order chi connectivity index (χ1) is 6.79. The van der Waals surface area contributed by atoms with Crippen molar-refractivity contribution in [2.45, 2.75) is 39.2 Å². The number of nitrogens with zero attached hydrogens (tertiary/aromatic N) is 1. The van der Waals surface area contributed by atoms with Crippen LogP contribution in [0.5, 0.6) is 0 Å². The second kappa shape index (κ2) is 4.56. The van der Waals surface area contributed by atoms with Crippen LogP contribution in [-0.4, -0.2) is 23.5 Å². The van der Waals surface area contributed by atoms with E-state index in [1.165, 1.54) is 30.2 Å². The fourth-order valence-corrected chi connectivity index (χ4v) is 2.80. The van der Waals surface area contributed by atoms with E-state index in [9.17, 15) is 0 Å². The summed E-state index contributed by atoms with van der Waals surface area (Å²) in [7, 11) is 0. The van der Waals surface area contributed by atoms with Crippen LogP contribution in [0.25, 0.3) is 0 Å². The minimum Gasteiger partial charge on any atom is -0.362 e. The molecule has 0 aromatic carbocycles. The molecule has 1 saturated carbocycles. The normalized spacial score (nSPS) is 29.6. The lowest BCUT2D eigenvalue weighted by Crippen LogP contribution is -2.36. The van der Waals surface area contributed by atoms with Gasteiger partial charge in [0.05, 0.1) is 0 Å². The molecule has 2 atom stereocenters. The average molecular weight is 212 g/mol. The largest absolute Gasteiger partial charge is 0.362 e.